The summed E-state index contributed by atoms with van der Waals surface area (Å²) < 4.78 is 46.3. The Hall–Kier alpha value is -1.51. The van der Waals surface area contributed by atoms with Crippen molar-refractivity contribution in [2.24, 2.45) is 0 Å². The number of ether oxygens (including phenoxy) is 1. The number of rotatable bonds is 4. The zero-order chi connectivity index (χ0) is 18.7. The van der Waals surface area contributed by atoms with E-state index < -0.39 is 20.7 Å². The van der Waals surface area contributed by atoms with E-state index in [0.29, 0.717) is 6.54 Å². The maximum absolute atomic E-state index is 14.3. The molecule has 1 amide bonds. The van der Waals surface area contributed by atoms with Crippen molar-refractivity contribution < 1.29 is 22.3 Å². The number of halogens is 1. The van der Waals surface area contributed by atoms with Gasteiger partial charge < -0.3 is 9.64 Å². The number of benzene rings is 1. The standard InChI is InChI=1S/C18H25FN2O4S/c1-2-15-5-3-4-8-21(15)18(22)14-6-7-16(19)17(13-14)26(23,24)20-9-11-25-12-10-20/h6-7,13,15H,2-5,8-12H2,1H3. The second-order valence-electron chi connectivity index (χ2n) is 6.72. The molecule has 2 aliphatic heterocycles. The molecule has 1 aromatic carbocycles. The minimum absolute atomic E-state index is 0.153. The van der Waals surface area contributed by atoms with Crippen LogP contribution in [0.15, 0.2) is 23.1 Å². The largest absolute Gasteiger partial charge is 0.379 e. The normalized spacial score (nSPS) is 22.4. The van der Waals surface area contributed by atoms with Crippen LogP contribution in [0.1, 0.15) is 43.0 Å². The molecule has 144 valence electrons. The fourth-order valence-corrected chi connectivity index (χ4v) is 5.12. The van der Waals surface area contributed by atoms with Crippen molar-refractivity contribution in [2.45, 2.75) is 43.5 Å². The number of nitrogens with zero attached hydrogens (tertiary/aromatic N) is 2. The topological polar surface area (TPSA) is 66.9 Å². The molecule has 6 nitrogen and oxygen atoms in total. The first kappa shape index (κ1) is 19.3. The van der Waals surface area contributed by atoms with Crippen LogP contribution in [0, 0.1) is 5.82 Å². The Bertz CT molecular complexity index is 762. The first-order valence-corrected chi connectivity index (χ1v) is 10.6. The third kappa shape index (κ3) is 3.77. The summed E-state index contributed by atoms with van der Waals surface area (Å²) in [6.45, 7) is 3.63. The van der Waals surface area contributed by atoms with Crippen LogP contribution < -0.4 is 0 Å². The van der Waals surface area contributed by atoms with Gasteiger partial charge in [-0.05, 0) is 43.9 Å². The van der Waals surface area contributed by atoms with Crippen LogP contribution in [0.4, 0.5) is 4.39 Å². The fraction of sp³-hybridized carbons (Fsp3) is 0.611. The molecular formula is C18H25FN2O4S. The van der Waals surface area contributed by atoms with Gasteiger partial charge in [0.05, 0.1) is 13.2 Å². The molecule has 2 heterocycles. The number of sulfonamides is 1. The maximum Gasteiger partial charge on any atom is 0.254 e. The van der Waals surface area contributed by atoms with Crippen molar-refractivity contribution in [1.29, 1.82) is 0 Å². The average molecular weight is 384 g/mol. The first-order valence-electron chi connectivity index (χ1n) is 9.13. The van der Waals surface area contributed by atoms with Crippen molar-refractivity contribution >= 4 is 15.9 Å². The van der Waals surface area contributed by atoms with Crippen molar-refractivity contribution in [1.82, 2.24) is 9.21 Å². The van der Waals surface area contributed by atoms with Gasteiger partial charge in [-0.1, -0.05) is 6.92 Å². The Morgan fingerprint density at radius 1 is 1.23 bits per heavy atom. The van der Waals surface area contributed by atoms with Crippen molar-refractivity contribution in [3.05, 3.63) is 29.6 Å². The van der Waals surface area contributed by atoms with E-state index in [2.05, 4.69) is 0 Å². The van der Waals surface area contributed by atoms with E-state index >= 15 is 0 Å². The lowest BCUT2D eigenvalue weighted by Gasteiger charge is -2.35. The zero-order valence-electron chi connectivity index (χ0n) is 15.0. The van der Waals surface area contributed by atoms with E-state index in [0.717, 1.165) is 31.7 Å². The monoisotopic (exact) mass is 384 g/mol. The van der Waals surface area contributed by atoms with Gasteiger partial charge in [0.25, 0.3) is 5.91 Å². The van der Waals surface area contributed by atoms with Crippen molar-refractivity contribution in [2.75, 3.05) is 32.8 Å². The molecule has 0 saturated carbocycles. The van der Waals surface area contributed by atoms with Crippen molar-refractivity contribution in [3.8, 4) is 0 Å². The van der Waals surface area contributed by atoms with Crippen LogP contribution >= 0.6 is 0 Å². The molecule has 2 fully saturated rings. The highest BCUT2D eigenvalue weighted by Gasteiger charge is 2.31. The highest BCUT2D eigenvalue weighted by Crippen LogP contribution is 2.25. The molecule has 1 aromatic rings. The molecule has 0 bridgehead atoms. The second kappa shape index (κ2) is 8.02. The van der Waals surface area contributed by atoms with Crippen LogP contribution in [0.2, 0.25) is 0 Å². The van der Waals surface area contributed by atoms with Crippen LogP contribution in [0.3, 0.4) is 0 Å². The SMILES string of the molecule is CCC1CCCCN1C(=O)c1ccc(F)c(S(=O)(=O)N2CCOCC2)c1. The minimum atomic E-state index is -3.99. The number of hydrogen-bond donors (Lipinski definition) is 0. The number of likely N-dealkylation sites (tertiary alicyclic amines) is 1. The molecule has 8 heteroatoms. The lowest BCUT2D eigenvalue weighted by atomic mass is 9.99. The van der Waals surface area contributed by atoms with Gasteiger partial charge in [-0.15, -0.1) is 0 Å². The van der Waals surface area contributed by atoms with Gasteiger partial charge in [-0.2, -0.15) is 4.31 Å². The van der Waals surface area contributed by atoms with E-state index in [9.17, 15) is 17.6 Å². The van der Waals surface area contributed by atoms with E-state index in [4.69, 9.17) is 4.74 Å². The number of amides is 1. The summed E-state index contributed by atoms with van der Waals surface area (Å²) in [7, 11) is -3.99. The smallest absolute Gasteiger partial charge is 0.254 e. The van der Waals surface area contributed by atoms with E-state index in [1.807, 2.05) is 6.92 Å². The van der Waals surface area contributed by atoms with E-state index in [1.165, 1.54) is 16.4 Å². The van der Waals surface area contributed by atoms with Gasteiger partial charge in [0, 0.05) is 31.2 Å². The number of carbonyl (C=O) groups is 1. The Morgan fingerprint density at radius 2 is 1.96 bits per heavy atom. The highest BCUT2D eigenvalue weighted by atomic mass is 32.2. The lowest BCUT2D eigenvalue weighted by Crippen LogP contribution is -2.43. The second-order valence-corrected chi connectivity index (χ2v) is 8.62. The number of carbonyl (C=O) groups excluding carboxylic acids is 1. The zero-order valence-corrected chi connectivity index (χ0v) is 15.8. The van der Waals surface area contributed by atoms with Gasteiger partial charge in [0.1, 0.15) is 10.7 Å². The quantitative estimate of drug-likeness (QED) is 0.799. The van der Waals surface area contributed by atoms with Gasteiger partial charge in [-0.3, -0.25) is 4.79 Å². The molecule has 1 unspecified atom stereocenters. The molecular weight excluding hydrogens is 359 g/mol. The molecule has 0 spiro atoms. The number of hydrogen-bond acceptors (Lipinski definition) is 4. The van der Waals surface area contributed by atoms with E-state index in [1.54, 1.807) is 4.90 Å². The van der Waals surface area contributed by atoms with Gasteiger partial charge in [0.2, 0.25) is 10.0 Å². The summed E-state index contributed by atoms with van der Waals surface area (Å²) in [5, 5.41) is 0. The Balaban J connectivity index is 1.91. The Labute approximate surface area is 154 Å². The molecule has 2 saturated heterocycles. The number of morpholine rings is 1. The third-order valence-electron chi connectivity index (χ3n) is 5.13. The fourth-order valence-electron chi connectivity index (χ4n) is 3.62. The summed E-state index contributed by atoms with van der Waals surface area (Å²) >= 11 is 0. The maximum atomic E-state index is 14.3. The minimum Gasteiger partial charge on any atom is -0.379 e. The van der Waals surface area contributed by atoms with Crippen molar-refractivity contribution in [3.63, 3.8) is 0 Å². The molecule has 26 heavy (non-hydrogen) atoms. The number of piperidine rings is 1. The Kier molecular flexibility index (Phi) is 5.94. The summed E-state index contributed by atoms with van der Waals surface area (Å²) in [5.74, 6) is -1.06. The molecule has 1 atom stereocenters. The van der Waals surface area contributed by atoms with Crippen LogP contribution in [0.25, 0.3) is 0 Å². The molecule has 3 rings (SSSR count). The summed E-state index contributed by atoms with van der Waals surface area (Å²) in [5.41, 5.74) is 0.221. The van der Waals surface area contributed by atoms with Crippen LogP contribution in [-0.4, -0.2) is 62.4 Å². The predicted molar refractivity (Wildman–Crippen MR) is 94.9 cm³/mol. The summed E-state index contributed by atoms with van der Waals surface area (Å²) in [4.78, 5) is 14.3. The summed E-state index contributed by atoms with van der Waals surface area (Å²) in [6, 6.07) is 3.78. The first-order chi connectivity index (χ1) is 12.4. The average Bonchev–Trinajstić information content (AvgIpc) is 2.68. The molecule has 0 aromatic heterocycles. The molecule has 0 N–H and O–H groups in total. The lowest BCUT2D eigenvalue weighted by molar-refractivity contribution is 0.0607. The van der Waals surface area contributed by atoms with Gasteiger partial charge in [0.15, 0.2) is 0 Å². The summed E-state index contributed by atoms with van der Waals surface area (Å²) in [6.07, 6.45) is 3.82. The molecule has 0 aliphatic carbocycles. The Morgan fingerprint density at radius 3 is 2.65 bits per heavy atom. The third-order valence-corrected chi connectivity index (χ3v) is 7.04. The van der Waals surface area contributed by atoms with E-state index in [-0.39, 0.29) is 43.8 Å². The van der Waals surface area contributed by atoms with Crippen LogP contribution in [-0.2, 0) is 14.8 Å². The highest BCUT2D eigenvalue weighted by molar-refractivity contribution is 7.89. The predicted octanol–water partition coefficient (Wildman–Crippen LogP) is 2.25. The molecule has 2 aliphatic rings. The van der Waals surface area contributed by atoms with Crippen LogP contribution in [0.5, 0.6) is 0 Å². The molecule has 0 radical (unpaired) electrons. The van der Waals surface area contributed by atoms with Gasteiger partial charge in [-0.25, -0.2) is 12.8 Å². The van der Waals surface area contributed by atoms with Gasteiger partial charge >= 0.3 is 0 Å².